The van der Waals surface area contributed by atoms with Crippen LogP contribution in [-0.4, -0.2) is 59.0 Å². The van der Waals surface area contributed by atoms with E-state index in [1.807, 2.05) is 26.0 Å². The van der Waals surface area contributed by atoms with Gasteiger partial charge in [0.2, 0.25) is 5.91 Å². The molecule has 0 atom stereocenters. The summed E-state index contributed by atoms with van der Waals surface area (Å²) in [6.45, 7) is 7.45. The van der Waals surface area contributed by atoms with E-state index in [1.54, 1.807) is 6.07 Å². The molecule has 0 radical (unpaired) electrons. The second kappa shape index (κ2) is 8.75. The summed E-state index contributed by atoms with van der Waals surface area (Å²) >= 11 is 0. The fourth-order valence-corrected chi connectivity index (χ4v) is 3.39. The lowest BCUT2D eigenvalue weighted by Gasteiger charge is -2.43. The molecule has 1 saturated heterocycles. The highest BCUT2D eigenvalue weighted by Gasteiger charge is 2.36. The molecule has 28 heavy (non-hydrogen) atoms. The van der Waals surface area contributed by atoms with E-state index in [1.165, 1.54) is 24.4 Å². The van der Waals surface area contributed by atoms with E-state index in [9.17, 15) is 13.6 Å². The maximum atomic E-state index is 13.8. The van der Waals surface area contributed by atoms with Crippen molar-refractivity contribution in [2.24, 2.45) is 0 Å². The number of pyridine rings is 1. The first-order valence-corrected chi connectivity index (χ1v) is 9.50. The highest BCUT2D eigenvalue weighted by molar-refractivity contribution is 5.96. The normalized spacial score (nSPS) is 16.1. The SMILES string of the molecule is CC(C)(C(=O)Nc1ncccc1F)N1CCN(CCc2ccccc2F)CC1. The minimum atomic E-state index is -0.790. The first-order valence-electron chi connectivity index (χ1n) is 9.50. The fourth-order valence-electron chi connectivity index (χ4n) is 3.39. The maximum Gasteiger partial charge on any atom is 0.245 e. The number of carbonyl (C=O) groups excluding carboxylic acids is 1. The Bertz CT molecular complexity index is 820. The van der Waals surface area contributed by atoms with Gasteiger partial charge in [0.1, 0.15) is 5.82 Å². The molecule has 1 amide bonds. The highest BCUT2D eigenvalue weighted by Crippen LogP contribution is 2.20. The van der Waals surface area contributed by atoms with E-state index >= 15 is 0 Å². The number of anilines is 1. The van der Waals surface area contributed by atoms with Crippen LogP contribution < -0.4 is 5.32 Å². The molecule has 1 aromatic carbocycles. The van der Waals surface area contributed by atoms with Gasteiger partial charge >= 0.3 is 0 Å². The molecule has 3 rings (SSSR count). The third-order valence-electron chi connectivity index (χ3n) is 5.36. The van der Waals surface area contributed by atoms with Gasteiger partial charge in [0.25, 0.3) is 0 Å². The molecule has 0 unspecified atom stereocenters. The van der Waals surface area contributed by atoms with E-state index < -0.39 is 11.4 Å². The van der Waals surface area contributed by atoms with Gasteiger partial charge in [0.05, 0.1) is 5.54 Å². The summed E-state index contributed by atoms with van der Waals surface area (Å²) in [6, 6.07) is 9.60. The summed E-state index contributed by atoms with van der Waals surface area (Å²) in [5, 5.41) is 2.59. The number of amides is 1. The van der Waals surface area contributed by atoms with Crippen molar-refractivity contribution in [3.05, 3.63) is 59.8 Å². The van der Waals surface area contributed by atoms with Crippen LogP contribution in [0.15, 0.2) is 42.6 Å². The molecular formula is C21H26F2N4O. The van der Waals surface area contributed by atoms with Crippen molar-refractivity contribution in [2.45, 2.75) is 25.8 Å². The molecule has 1 aliphatic heterocycles. The number of benzene rings is 1. The molecule has 1 N–H and O–H groups in total. The van der Waals surface area contributed by atoms with Gasteiger partial charge < -0.3 is 10.2 Å². The molecule has 2 aromatic rings. The van der Waals surface area contributed by atoms with Gasteiger partial charge in [-0.2, -0.15) is 0 Å². The lowest BCUT2D eigenvalue weighted by atomic mass is 10.00. The molecule has 7 heteroatoms. The maximum absolute atomic E-state index is 13.8. The molecule has 0 spiro atoms. The number of hydrogen-bond donors (Lipinski definition) is 1. The van der Waals surface area contributed by atoms with Crippen LogP contribution in [0, 0.1) is 11.6 Å². The van der Waals surface area contributed by atoms with Gasteiger partial charge in [0, 0.05) is 38.9 Å². The average Bonchev–Trinajstić information content (AvgIpc) is 2.69. The Morgan fingerprint density at radius 3 is 2.43 bits per heavy atom. The minimum absolute atomic E-state index is 0.0518. The van der Waals surface area contributed by atoms with E-state index in [0.29, 0.717) is 19.5 Å². The zero-order chi connectivity index (χ0) is 20.1. The number of nitrogens with zero attached hydrogens (tertiary/aromatic N) is 3. The molecule has 2 heterocycles. The van der Waals surface area contributed by atoms with Gasteiger partial charge in [-0.05, 0) is 44.0 Å². The minimum Gasteiger partial charge on any atom is -0.307 e. The van der Waals surface area contributed by atoms with E-state index in [2.05, 4.69) is 20.1 Å². The van der Waals surface area contributed by atoms with Crippen molar-refractivity contribution in [2.75, 3.05) is 38.0 Å². The first-order chi connectivity index (χ1) is 13.4. The standard InChI is InChI=1S/C21H26F2N4O/c1-21(2,20(28)25-19-18(23)8-5-10-24-19)27-14-12-26(13-15-27)11-9-16-6-3-4-7-17(16)22/h3-8,10H,9,11-15H2,1-2H3,(H,24,25,28). The molecule has 5 nitrogen and oxygen atoms in total. The van der Waals surface area contributed by atoms with Gasteiger partial charge in [-0.3, -0.25) is 9.69 Å². The average molecular weight is 388 g/mol. The molecule has 0 saturated carbocycles. The Kier molecular flexibility index (Phi) is 6.36. The van der Waals surface area contributed by atoms with Crippen molar-refractivity contribution in [1.82, 2.24) is 14.8 Å². The number of aromatic nitrogens is 1. The molecule has 1 aromatic heterocycles. The van der Waals surface area contributed by atoms with Crippen molar-refractivity contribution in [3.8, 4) is 0 Å². The zero-order valence-corrected chi connectivity index (χ0v) is 16.3. The van der Waals surface area contributed by atoms with Crippen LogP contribution >= 0.6 is 0 Å². The summed E-state index contributed by atoms with van der Waals surface area (Å²) in [5.41, 5.74) is -0.0660. The monoisotopic (exact) mass is 388 g/mol. The smallest absolute Gasteiger partial charge is 0.245 e. The highest BCUT2D eigenvalue weighted by atomic mass is 19.1. The number of nitrogens with one attached hydrogen (secondary N) is 1. The number of hydrogen-bond acceptors (Lipinski definition) is 4. The second-order valence-corrected chi connectivity index (χ2v) is 7.52. The van der Waals surface area contributed by atoms with Crippen LogP contribution in [0.2, 0.25) is 0 Å². The Hall–Kier alpha value is -2.38. The molecule has 0 aliphatic carbocycles. The molecule has 1 fully saturated rings. The topological polar surface area (TPSA) is 48.5 Å². The predicted molar refractivity (Wildman–Crippen MR) is 105 cm³/mol. The summed E-state index contributed by atoms with van der Waals surface area (Å²) in [6.07, 6.45) is 2.11. The summed E-state index contributed by atoms with van der Waals surface area (Å²) < 4.78 is 27.5. The fraction of sp³-hybridized carbons (Fsp3) is 0.429. The van der Waals surface area contributed by atoms with Crippen molar-refractivity contribution >= 4 is 11.7 Å². The lowest BCUT2D eigenvalue weighted by molar-refractivity contribution is -0.127. The number of piperazine rings is 1. The molecular weight excluding hydrogens is 362 g/mol. The van der Waals surface area contributed by atoms with Crippen molar-refractivity contribution < 1.29 is 13.6 Å². The number of halogens is 2. The van der Waals surface area contributed by atoms with Gasteiger partial charge in [-0.1, -0.05) is 18.2 Å². The third kappa shape index (κ3) is 4.72. The van der Waals surface area contributed by atoms with Crippen molar-refractivity contribution in [3.63, 3.8) is 0 Å². The van der Waals surface area contributed by atoms with E-state index in [0.717, 1.165) is 25.2 Å². The molecule has 150 valence electrons. The zero-order valence-electron chi connectivity index (χ0n) is 16.3. The Labute approximate surface area is 164 Å². The van der Waals surface area contributed by atoms with Crippen LogP contribution in [0.1, 0.15) is 19.4 Å². The van der Waals surface area contributed by atoms with E-state index in [4.69, 9.17) is 0 Å². The Balaban J connectivity index is 1.52. The van der Waals surface area contributed by atoms with Gasteiger partial charge in [-0.25, -0.2) is 13.8 Å². The van der Waals surface area contributed by atoms with Crippen LogP contribution in [0.25, 0.3) is 0 Å². The number of carbonyl (C=O) groups is 1. The van der Waals surface area contributed by atoms with Crippen LogP contribution in [0.5, 0.6) is 0 Å². The summed E-state index contributed by atoms with van der Waals surface area (Å²) in [5.74, 6) is -1.06. The van der Waals surface area contributed by atoms with Crippen LogP contribution in [0.3, 0.4) is 0 Å². The Morgan fingerprint density at radius 2 is 1.75 bits per heavy atom. The third-order valence-corrected chi connectivity index (χ3v) is 5.36. The number of rotatable bonds is 6. The Morgan fingerprint density at radius 1 is 1.07 bits per heavy atom. The summed E-state index contributed by atoms with van der Waals surface area (Å²) in [4.78, 5) is 20.9. The quantitative estimate of drug-likeness (QED) is 0.827. The van der Waals surface area contributed by atoms with Gasteiger partial charge in [-0.15, -0.1) is 0 Å². The summed E-state index contributed by atoms with van der Waals surface area (Å²) in [7, 11) is 0. The largest absolute Gasteiger partial charge is 0.307 e. The first kappa shape index (κ1) is 20.4. The molecule has 0 bridgehead atoms. The molecule has 1 aliphatic rings. The van der Waals surface area contributed by atoms with Crippen molar-refractivity contribution in [1.29, 1.82) is 0 Å². The van der Waals surface area contributed by atoms with Gasteiger partial charge in [0.15, 0.2) is 11.6 Å². The van der Waals surface area contributed by atoms with Crippen LogP contribution in [-0.2, 0) is 11.2 Å². The second-order valence-electron chi connectivity index (χ2n) is 7.52. The predicted octanol–water partition coefficient (Wildman–Crippen LogP) is 2.94. The van der Waals surface area contributed by atoms with Crippen LogP contribution in [0.4, 0.5) is 14.6 Å². The lowest BCUT2D eigenvalue weighted by Crippen LogP contribution is -2.59. The van der Waals surface area contributed by atoms with E-state index in [-0.39, 0.29) is 17.5 Å².